The van der Waals surface area contributed by atoms with Crippen molar-refractivity contribution in [3.8, 4) is 5.75 Å². The molecule has 0 bridgehead atoms. The highest BCUT2D eigenvalue weighted by Crippen LogP contribution is 2.19. The fourth-order valence-corrected chi connectivity index (χ4v) is 1.75. The van der Waals surface area contributed by atoms with Crippen LogP contribution in [0, 0.1) is 5.92 Å². The average molecular weight is 238 g/mol. The van der Waals surface area contributed by atoms with Crippen LogP contribution in [-0.2, 0) is 0 Å². The van der Waals surface area contributed by atoms with Gasteiger partial charge >= 0.3 is 0 Å². The van der Waals surface area contributed by atoms with Gasteiger partial charge in [-0.2, -0.15) is 0 Å². The first-order valence-corrected chi connectivity index (χ1v) is 5.83. The van der Waals surface area contributed by atoms with Crippen LogP contribution < -0.4 is 10.5 Å². The molecular weight excluding hydrogens is 220 g/mol. The lowest BCUT2D eigenvalue weighted by atomic mass is 10.1. The number of ether oxygens (including phenoxy) is 1. The summed E-state index contributed by atoms with van der Waals surface area (Å²) >= 11 is 4.93. The maximum Gasteiger partial charge on any atom is 0.148 e. The molecule has 4 heteroatoms. The summed E-state index contributed by atoms with van der Waals surface area (Å²) in [7, 11) is 0. The molecule has 0 fully saturated rings. The van der Waals surface area contributed by atoms with Crippen LogP contribution >= 0.6 is 12.2 Å². The molecule has 1 aromatic rings. The molecule has 1 rings (SSSR count). The van der Waals surface area contributed by atoms with Crippen molar-refractivity contribution in [2.45, 2.75) is 33.3 Å². The minimum atomic E-state index is 0.136. The second kappa shape index (κ2) is 5.80. The standard InChI is InChI=1S/C12H18N2OS/c1-8(2)7-9(3)15-10-5-4-6-14-11(10)12(13)16/h4-6,8-9H,7H2,1-3H3,(H2,13,16). The van der Waals surface area contributed by atoms with E-state index in [0.29, 0.717) is 17.4 Å². The molecule has 0 spiro atoms. The van der Waals surface area contributed by atoms with Crippen LogP contribution in [0.15, 0.2) is 18.3 Å². The number of aromatic nitrogens is 1. The number of rotatable bonds is 5. The first kappa shape index (κ1) is 12.9. The molecule has 1 atom stereocenters. The lowest BCUT2D eigenvalue weighted by molar-refractivity contribution is 0.192. The zero-order valence-electron chi connectivity index (χ0n) is 9.93. The van der Waals surface area contributed by atoms with E-state index < -0.39 is 0 Å². The highest BCUT2D eigenvalue weighted by atomic mass is 32.1. The number of nitrogens with zero attached hydrogens (tertiary/aromatic N) is 1. The van der Waals surface area contributed by atoms with Gasteiger partial charge in [-0.05, 0) is 31.4 Å². The van der Waals surface area contributed by atoms with Crippen molar-refractivity contribution in [2.24, 2.45) is 11.7 Å². The second-order valence-electron chi connectivity index (χ2n) is 4.27. The van der Waals surface area contributed by atoms with Gasteiger partial charge in [0.2, 0.25) is 0 Å². The minimum Gasteiger partial charge on any atom is -0.488 e. The summed E-state index contributed by atoms with van der Waals surface area (Å²) in [4.78, 5) is 4.39. The van der Waals surface area contributed by atoms with E-state index in [4.69, 9.17) is 22.7 Å². The van der Waals surface area contributed by atoms with E-state index in [0.717, 1.165) is 6.42 Å². The van der Waals surface area contributed by atoms with E-state index >= 15 is 0 Å². The molecule has 0 aromatic carbocycles. The van der Waals surface area contributed by atoms with Crippen molar-refractivity contribution in [1.82, 2.24) is 4.98 Å². The summed E-state index contributed by atoms with van der Waals surface area (Å²) in [5.74, 6) is 1.27. The monoisotopic (exact) mass is 238 g/mol. The van der Waals surface area contributed by atoms with E-state index in [1.807, 2.05) is 19.1 Å². The number of thiocarbonyl (C=S) groups is 1. The summed E-state index contributed by atoms with van der Waals surface area (Å²) in [6, 6.07) is 3.66. The summed E-state index contributed by atoms with van der Waals surface area (Å²) in [5, 5.41) is 0. The van der Waals surface area contributed by atoms with Crippen molar-refractivity contribution >= 4 is 17.2 Å². The first-order chi connectivity index (χ1) is 7.50. The van der Waals surface area contributed by atoms with Gasteiger partial charge in [0, 0.05) is 6.20 Å². The Morgan fingerprint density at radius 2 is 2.19 bits per heavy atom. The smallest absolute Gasteiger partial charge is 0.148 e. The van der Waals surface area contributed by atoms with Crippen LogP contribution in [-0.4, -0.2) is 16.1 Å². The highest BCUT2D eigenvalue weighted by molar-refractivity contribution is 7.80. The molecule has 0 saturated heterocycles. The second-order valence-corrected chi connectivity index (χ2v) is 4.71. The van der Waals surface area contributed by atoms with Gasteiger partial charge in [-0.3, -0.25) is 0 Å². The third kappa shape index (κ3) is 3.77. The fourth-order valence-electron chi connectivity index (χ4n) is 1.60. The molecule has 0 amide bonds. The molecule has 1 unspecified atom stereocenters. The molecule has 0 aliphatic heterocycles. The molecule has 16 heavy (non-hydrogen) atoms. The molecule has 0 aliphatic rings. The van der Waals surface area contributed by atoms with Crippen molar-refractivity contribution in [1.29, 1.82) is 0 Å². The Labute approximate surface area is 102 Å². The number of hydrogen-bond acceptors (Lipinski definition) is 3. The third-order valence-corrected chi connectivity index (χ3v) is 2.33. The highest BCUT2D eigenvalue weighted by Gasteiger charge is 2.11. The Morgan fingerprint density at radius 1 is 1.50 bits per heavy atom. The largest absolute Gasteiger partial charge is 0.488 e. The summed E-state index contributed by atoms with van der Waals surface area (Å²) < 4.78 is 5.79. The SMILES string of the molecule is CC(C)CC(C)Oc1cccnc1C(N)=S. The Kier molecular flexibility index (Phi) is 4.68. The van der Waals surface area contributed by atoms with Crippen LogP contribution in [0.4, 0.5) is 0 Å². The van der Waals surface area contributed by atoms with Gasteiger partial charge in [0.05, 0.1) is 6.10 Å². The lowest BCUT2D eigenvalue weighted by Crippen LogP contribution is -2.19. The summed E-state index contributed by atoms with van der Waals surface area (Å²) in [6.45, 7) is 6.37. The normalized spacial score (nSPS) is 12.5. The first-order valence-electron chi connectivity index (χ1n) is 5.42. The fraction of sp³-hybridized carbons (Fsp3) is 0.500. The van der Waals surface area contributed by atoms with Crippen LogP contribution in [0.2, 0.25) is 0 Å². The van der Waals surface area contributed by atoms with E-state index in [2.05, 4.69) is 18.8 Å². The molecule has 3 nitrogen and oxygen atoms in total. The maximum absolute atomic E-state index is 5.79. The predicted molar refractivity (Wildman–Crippen MR) is 69.7 cm³/mol. The molecular formula is C12H18N2OS. The molecule has 1 heterocycles. The van der Waals surface area contributed by atoms with Gasteiger partial charge in [-0.15, -0.1) is 0 Å². The lowest BCUT2D eigenvalue weighted by Gasteiger charge is -2.17. The summed E-state index contributed by atoms with van der Waals surface area (Å²) in [6.07, 6.45) is 2.79. The number of hydrogen-bond donors (Lipinski definition) is 1. The average Bonchev–Trinajstić information content (AvgIpc) is 2.16. The van der Waals surface area contributed by atoms with Crippen LogP contribution in [0.3, 0.4) is 0 Å². The quantitative estimate of drug-likeness (QED) is 0.801. The van der Waals surface area contributed by atoms with Gasteiger partial charge in [0.1, 0.15) is 16.4 Å². The molecule has 0 radical (unpaired) electrons. The van der Waals surface area contributed by atoms with Gasteiger partial charge in [-0.25, -0.2) is 4.98 Å². The zero-order chi connectivity index (χ0) is 12.1. The molecule has 2 N–H and O–H groups in total. The van der Waals surface area contributed by atoms with Gasteiger partial charge < -0.3 is 10.5 Å². The van der Waals surface area contributed by atoms with Crippen molar-refractivity contribution in [3.05, 3.63) is 24.0 Å². The Hall–Kier alpha value is -1.16. The van der Waals surface area contributed by atoms with Gasteiger partial charge in [-0.1, -0.05) is 26.1 Å². The van der Waals surface area contributed by atoms with Crippen LogP contribution in [0.5, 0.6) is 5.75 Å². The predicted octanol–water partition coefficient (Wildman–Crippen LogP) is 2.53. The Morgan fingerprint density at radius 3 is 2.75 bits per heavy atom. The van der Waals surface area contributed by atoms with Crippen LogP contribution in [0.25, 0.3) is 0 Å². The van der Waals surface area contributed by atoms with E-state index in [-0.39, 0.29) is 11.1 Å². The molecule has 0 saturated carbocycles. The van der Waals surface area contributed by atoms with Crippen molar-refractivity contribution < 1.29 is 4.74 Å². The van der Waals surface area contributed by atoms with Gasteiger partial charge in [0.15, 0.2) is 0 Å². The van der Waals surface area contributed by atoms with Crippen LogP contribution in [0.1, 0.15) is 32.9 Å². The Bertz CT molecular complexity index is 366. The van der Waals surface area contributed by atoms with Crippen molar-refractivity contribution in [3.63, 3.8) is 0 Å². The Balaban J connectivity index is 2.76. The minimum absolute atomic E-state index is 0.136. The zero-order valence-corrected chi connectivity index (χ0v) is 10.8. The van der Waals surface area contributed by atoms with E-state index in [1.165, 1.54) is 0 Å². The maximum atomic E-state index is 5.79. The molecule has 0 aliphatic carbocycles. The molecule has 88 valence electrons. The topological polar surface area (TPSA) is 48.1 Å². The van der Waals surface area contributed by atoms with Gasteiger partial charge in [0.25, 0.3) is 0 Å². The summed E-state index contributed by atoms with van der Waals surface area (Å²) in [5.41, 5.74) is 6.14. The number of nitrogens with two attached hydrogens (primary N) is 1. The van der Waals surface area contributed by atoms with E-state index in [9.17, 15) is 0 Å². The van der Waals surface area contributed by atoms with E-state index in [1.54, 1.807) is 6.20 Å². The number of pyridine rings is 1. The third-order valence-electron chi connectivity index (χ3n) is 2.14. The molecule has 1 aromatic heterocycles. The van der Waals surface area contributed by atoms with Crippen molar-refractivity contribution in [2.75, 3.05) is 0 Å².